The molecule has 0 saturated heterocycles. The maximum Gasteiger partial charge on any atom is 0.332 e. The van der Waals surface area contributed by atoms with Crippen molar-refractivity contribution in [2.45, 2.75) is 13.5 Å². The molecule has 0 unspecified atom stereocenters. The smallest absolute Gasteiger partial charge is 0.332 e. The second-order valence-corrected chi connectivity index (χ2v) is 6.67. The van der Waals surface area contributed by atoms with E-state index in [0.29, 0.717) is 23.1 Å². The van der Waals surface area contributed by atoms with Crippen LogP contribution in [0.25, 0.3) is 11.0 Å². The van der Waals surface area contributed by atoms with Gasteiger partial charge in [0.15, 0.2) is 5.65 Å². The molecule has 0 bridgehead atoms. The molecule has 0 aliphatic heterocycles. The van der Waals surface area contributed by atoms with E-state index in [2.05, 4.69) is 10.3 Å². The van der Waals surface area contributed by atoms with Gasteiger partial charge in [-0.05, 0) is 31.2 Å². The summed E-state index contributed by atoms with van der Waals surface area (Å²) in [6.45, 7) is 1.62. The predicted molar refractivity (Wildman–Crippen MR) is 108 cm³/mol. The Balaban J connectivity index is 2.01. The molecule has 146 valence electrons. The van der Waals surface area contributed by atoms with E-state index in [4.69, 9.17) is 27.9 Å². The lowest BCUT2D eigenvalue weighted by atomic mass is 10.3. The molecule has 0 spiro atoms. The van der Waals surface area contributed by atoms with Gasteiger partial charge in [-0.1, -0.05) is 23.2 Å². The van der Waals surface area contributed by atoms with E-state index in [1.165, 1.54) is 36.0 Å². The summed E-state index contributed by atoms with van der Waals surface area (Å²) in [5.74, 6) is -0.273. The van der Waals surface area contributed by atoms with Gasteiger partial charge in [0.2, 0.25) is 5.91 Å². The van der Waals surface area contributed by atoms with Crippen LogP contribution in [0.3, 0.4) is 0 Å². The lowest BCUT2D eigenvalue weighted by molar-refractivity contribution is -0.116. The van der Waals surface area contributed by atoms with E-state index in [1.54, 1.807) is 13.0 Å². The third kappa shape index (κ3) is 3.74. The fourth-order valence-corrected chi connectivity index (χ4v) is 3.01. The van der Waals surface area contributed by atoms with Crippen LogP contribution in [0.15, 0.2) is 40.1 Å². The fourth-order valence-electron chi connectivity index (χ4n) is 2.72. The van der Waals surface area contributed by atoms with E-state index in [0.717, 1.165) is 4.57 Å². The highest BCUT2D eigenvalue weighted by molar-refractivity contribution is 6.42. The number of aromatic nitrogens is 3. The first-order valence-electron chi connectivity index (χ1n) is 8.29. The third-order valence-corrected chi connectivity index (χ3v) is 4.73. The lowest BCUT2D eigenvalue weighted by Gasteiger charge is -2.13. The highest BCUT2D eigenvalue weighted by Gasteiger charge is 2.18. The van der Waals surface area contributed by atoms with Gasteiger partial charge in [-0.2, -0.15) is 0 Å². The van der Waals surface area contributed by atoms with Crippen molar-refractivity contribution >= 4 is 45.8 Å². The number of ether oxygens (including phenoxy) is 1. The average molecular weight is 423 g/mol. The Hall–Kier alpha value is -2.84. The van der Waals surface area contributed by atoms with Gasteiger partial charge in [0.05, 0.1) is 16.7 Å². The number of hydrogen-bond acceptors (Lipinski definition) is 5. The predicted octanol–water partition coefficient (Wildman–Crippen LogP) is 2.44. The Labute approximate surface area is 169 Å². The number of rotatable bonds is 5. The number of nitrogens with one attached hydrogen (secondary N) is 1. The average Bonchev–Trinajstić information content (AvgIpc) is 2.66. The second kappa shape index (κ2) is 8.04. The Morgan fingerprint density at radius 1 is 1.21 bits per heavy atom. The van der Waals surface area contributed by atoms with Crippen molar-refractivity contribution in [1.29, 1.82) is 0 Å². The molecule has 1 N–H and O–H groups in total. The topological polar surface area (TPSA) is 95.2 Å². The molecule has 0 fully saturated rings. The summed E-state index contributed by atoms with van der Waals surface area (Å²) in [6, 6.07) is 6.10. The number of fused-ring (bicyclic) bond motifs is 1. The SMILES string of the molecule is CCOc1ccnc2c1c(=O)n(CC(=O)Nc1ccc(Cl)c(Cl)c1)c(=O)n2C. The standard InChI is InChI=1S/C18H16Cl2N4O4/c1-3-28-13-6-7-21-16-15(13)17(26)24(18(27)23(16)2)9-14(25)22-10-4-5-11(19)12(20)8-10/h4-8H,3,9H2,1-2H3,(H,22,25). The van der Waals surface area contributed by atoms with Crippen molar-refractivity contribution in [3.63, 3.8) is 0 Å². The molecule has 3 aromatic rings. The monoisotopic (exact) mass is 422 g/mol. The molecule has 0 aliphatic carbocycles. The number of nitrogens with zero attached hydrogens (tertiary/aromatic N) is 3. The van der Waals surface area contributed by atoms with Crippen LogP contribution in [0.1, 0.15) is 6.92 Å². The number of hydrogen-bond donors (Lipinski definition) is 1. The van der Waals surface area contributed by atoms with Crippen LogP contribution in [0.4, 0.5) is 5.69 Å². The Kier molecular flexibility index (Phi) is 5.71. The summed E-state index contributed by atoms with van der Waals surface area (Å²) >= 11 is 11.8. The molecule has 0 saturated carbocycles. The van der Waals surface area contributed by atoms with Crippen molar-refractivity contribution in [1.82, 2.24) is 14.1 Å². The van der Waals surface area contributed by atoms with E-state index < -0.39 is 23.7 Å². The van der Waals surface area contributed by atoms with E-state index >= 15 is 0 Å². The second-order valence-electron chi connectivity index (χ2n) is 5.85. The van der Waals surface area contributed by atoms with E-state index in [1.807, 2.05) is 0 Å². The molecule has 10 heteroatoms. The summed E-state index contributed by atoms with van der Waals surface area (Å²) in [6.07, 6.45) is 1.45. The largest absolute Gasteiger partial charge is 0.493 e. The maximum atomic E-state index is 12.9. The van der Waals surface area contributed by atoms with Crippen molar-refractivity contribution in [2.75, 3.05) is 11.9 Å². The van der Waals surface area contributed by atoms with Crippen LogP contribution in [-0.4, -0.2) is 26.6 Å². The highest BCUT2D eigenvalue weighted by atomic mass is 35.5. The van der Waals surface area contributed by atoms with Gasteiger partial charge in [-0.15, -0.1) is 0 Å². The maximum absolute atomic E-state index is 12.9. The molecule has 0 aliphatic rings. The summed E-state index contributed by atoms with van der Waals surface area (Å²) in [7, 11) is 1.47. The molecular weight excluding hydrogens is 407 g/mol. The third-order valence-electron chi connectivity index (χ3n) is 3.99. The number of benzene rings is 1. The summed E-state index contributed by atoms with van der Waals surface area (Å²) in [5, 5.41) is 3.33. The van der Waals surface area contributed by atoms with Crippen molar-refractivity contribution in [2.24, 2.45) is 7.05 Å². The minimum Gasteiger partial charge on any atom is -0.493 e. The normalized spacial score (nSPS) is 10.9. The number of halogens is 2. The molecule has 3 rings (SSSR count). The molecular formula is C18H16Cl2N4O4. The van der Waals surface area contributed by atoms with Crippen LogP contribution < -0.4 is 21.3 Å². The van der Waals surface area contributed by atoms with Gasteiger partial charge in [0.25, 0.3) is 5.56 Å². The van der Waals surface area contributed by atoms with Gasteiger partial charge >= 0.3 is 5.69 Å². The zero-order chi connectivity index (χ0) is 20.4. The van der Waals surface area contributed by atoms with Gasteiger partial charge in [0, 0.05) is 18.9 Å². The molecule has 2 aromatic heterocycles. The van der Waals surface area contributed by atoms with Crippen molar-refractivity contribution in [3.05, 3.63) is 61.3 Å². The van der Waals surface area contributed by atoms with Gasteiger partial charge in [0.1, 0.15) is 17.7 Å². The van der Waals surface area contributed by atoms with Crippen LogP contribution in [0, 0.1) is 0 Å². The first kappa shape index (κ1) is 19.9. The van der Waals surface area contributed by atoms with Crippen LogP contribution in [0.5, 0.6) is 5.75 Å². The van der Waals surface area contributed by atoms with Crippen LogP contribution >= 0.6 is 23.2 Å². The molecule has 0 radical (unpaired) electrons. The summed E-state index contributed by atoms with van der Waals surface area (Å²) in [4.78, 5) is 42.0. The number of carbonyl (C=O) groups is 1. The fraction of sp³-hybridized carbons (Fsp3) is 0.222. The van der Waals surface area contributed by atoms with Crippen LogP contribution in [-0.2, 0) is 18.4 Å². The summed E-state index contributed by atoms with van der Waals surface area (Å²) in [5.41, 5.74) is -0.745. The van der Waals surface area contributed by atoms with Gasteiger partial charge < -0.3 is 10.1 Å². The molecule has 2 heterocycles. The van der Waals surface area contributed by atoms with Crippen molar-refractivity contribution in [3.8, 4) is 5.75 Å². The Bertz CT molecular complexity index is 1190. The first-order valence-corrected chi connectivity index (χ1v) is 9.05. The van der Waals surface area contributed by atoms with Gasteiger partial charge in [-0.25, -0.2) is 14.3 Å². The molecule has 1 amide bonds. The summed E-state index contributed by atoms with van der Waals surface area (Å²) < 4.78 is 7.51. The zero-order valence-corrected chi connectivity index (χ0v) is 16.5. The number of anilines is 1. The van der Waals surface area contributed by atoms with Crippen molar-refractivity contribution < 1.29 is 9.53 Å². The van der Waals surface area contributed by atoms with Crippen LogP contribution in [0.2, 0.25) is 10.0 Å². The molecule has 8 nitrogen and oxygen atoms in total. The van der Waals surface area contributed by atoms with E-state index in [9.17, 15) is 14.4 Å². The number of amides is 1. The minimum absolute atomic E-state index is 0.133. The quantitative estimate of drug-likeness (QED) is 0.680. The Morgan fingerprint density at radius 3 is 2.64 bits per heavy atom. The minimum atomic E-state index is -0.664. The molecule has 28 heavy (non-hydrogen) atoms. The zero-order valence-electron chi connectivity index (χ0n) is 15.0. The lowest BCUT2D eigenvalue weighted by Crippen LogP contribution is -2.42. The van der Waals surface area contributed by atoms with E-state index in [-0.39, 0.29) is 16.1 Å². The Morgan fingerprint density at radius 2 is 1.96 bits per heavy atom. The van der Waals surface area contributed by atoms with Gasteiger partial charge in [-0.3, -0.25) is 14.2 Å². The number of pyridine rings is 1. The molecule has 0 atom stereocenters. The number of aryl methyl sites for hydroxylation is 1. The first-order chi connectivity index (χ1) is 13.3. The number of carbonyl (C=O) groups excluding carboxylic acids is 1. The highest BCUT2D eigenvalue weighted by Crippen LogP contribution is 2.25. The molecule has 1 aromatic carbocycles.